The molecule has 0 spiro atoms. The topological polar surface area (TPSA) is 151 Å². The predicted molar refractivity (Wildman–Crippen MR) is 163 cm³/mol. The number of rotatable bonds is 28. The first kappa shape index (κ1) is 38.9. The minimum absolute atomic E-state index is 0.0448. The van der Waals surface area contributed by atoms with E-state index in [1.165, 1.54) is 57.4 Å². The van der Waals surface area contributed by atoms with E-state index in [4.69, 9.17) is 14.8 Å². The SMILES string of the molecule is CCC/C=C/CC/C=C/C(O)C(COP(=O)(O)OCCN)NC(=O)CC(O)CCCCCCCCCCCCC. The average Bonchev–Trinajstić information content (AvgIpc) is 2.92. The lowest BCUT2D eigenvalue weighted by Crippen LogP contribution is -2.46. The fraction of sp³-hybridized carbons (Fsp3) is 0.833. The van der Waals surface area contributed by atoms with Crippen LogP contribution in [0.1, 0.15) is 123 Å². The minimum atomic E-state index is -4.38. The molecule has 1 amide bonds. The summed E-state index contributed by atoms with van der Waals surface area (Å²) in [6.45, 7) is 3.78. The quantitative estimate of drug-likeness (QED) is 0.0418. The molecule has 0 aromatic carbocycles. The third-order valence-corrected chi connectivity index (χ3v) is 7.55. The van der Waals surface area contributed by atoms with Crippen molar-refractivity contribution >= 4 is 13.7 Å². The Hall–Kier alpha value is -1.06. The minimum Gasteiger partial charge on any atom is -0.393 e. The first-order valence-corrected chi connectivity index (χ1v) is 17.0. The van der Waals surface area contributed by atoms with Crippen LogP contribution in [0, 0.1) is 0 Å². The van der Waals surface area contributed by atoms with Crippen LogP contribution in [-0.2, 0) is 18.4 Å². The lowest BCUT2D eigenvalue weighted by Gasteiger charge is -2.24. The van der Waals surface area contributed by atoms with Crippen LogP contribution in [-0.4, -0.2) is 59.0 Å². The Balaban J connectivity index is 4.53. The van der Waals surface area contributed by atoms with Gasteiger partial charge in [-0.25, -0.2) is 4.57 Å². The molecule has 4 atom stereocenters. The Morgan fingerprint density at radius 2 is 1.43 bits per heavy atom. The van der Waals surface area contributed by atoms with Crippen molar-refractivity contribution in [3.05, 3.63) is 24.3 Å². The third-order valence-electron chi connectivity index (χ3n) is 6.57. The van der Waals surface area contributed by atoms with E-state index in [1.54, 1.807) is 6.08 Å². The summed E-state index contributed by atoms with van der Waals surface area (Å²) < 4.78 is 21.7. The predicted octanol–water partition coefficient (Wildman–Crippen LogP) is 6.07. The van der Waals surface area contributed by atoms with Crippen molar-refractivity contribution in [1.82, 2.24) is 5.32 Å². The number of phosphoric acid groups is 1. The number of unbranched alkanes of at least 4 members (excludes halogenated alkanes) is 12. The van der Waals surface area contributed by atoms with E-state index in [0.29, 0.717) is 12.8 Å². The second kappa shape index (κ2) is 26.8. The number of aliphatic hydroxyl groups excluding tert-OH is 2. The Bertz CT molecular complexity index is 706. The molecule has 0 aliphatic carbocycles. The zero-order valence-electron chi connectivity index (χ0n) is 25.2. The number of nitrogens with one attached hydrogen (secondary N) is 1. The summed E-state index contributed by atoms with van der Waals surface area (Å²) in [5.74, 6) is -0.463. The Kier molecular flexibility index (Phi) is 26.1. The summed E-state index contributed by atoms with van der Waals surface area (Å²) in [7, 11) is -4.38. The third kappa shape index (κ3) is 24.7. The summed E-state index contributed by atoms with van der Waals surface area (Å²) in [4.78, 5) is 22.4. The van der Waals surface area contributed by atoms with Crippen LogP contribution in [0.2, 0.25) is 0 Å². The lowest BCUT2D eigenvalue weighted by molar-refractivity contribution is -0.124. The van der Waals surface area contributed by atoms with Gasteiger partial charge in [-0.3, -0.25) is 13.8 Å². The van der Waals surface area contributed by atoms with Gasteiger partial charge in [0.05, 0.1) is 37.9 Å². The summed E-state index contributed by atoms with van der Waals surface area (Å²) in [5, 5.41) is 23.6. The summed E-state index contributed by atoms with van der Waals surface area (Å²) in [5.41, 5.74) is 5.30. The molecule has 0 radical (unpaired) electrons. The van der Waals surface area contributed by atoms with Gasteiger partial charge in [0.25, 0.3) is 0 Å². The largest absolute Gasteiger partial charge is 0.472 e. The number of carbonyl (C=O) groups excluding carboxylic acids is 1. The molecule has 6 N–H and O–H groups in total. The molecule has 0 aromatic heterocycles. The number of aliphatic hydroxyl groups is 2. The molecule has 236 valence electrons. The van der Waals surface area contributed by atoms with Crippen LogP contribution < -0.4 is 11.1 Å². The monoisotopic (exact) mass is 590 g/mol. The van der Waals surface area contributed by atoms with E-state index in [-0.39, 0.29) is 19.6 Å². The standard InChI is InChI=1S/C30H59N2O7P/c1-3-5-7-9-11-12-13-14-16-17-19-21-27(33)25-30(35)32-28(26-39-40(36,37)38-24-23-31)29(34)22-20-18-15-10-8-6-4-2/h8,10,20,22,27-29,33-34H,3-7,9,11-19,21,23-26,31H2,1-2H3,(H,32,35)(H,36,37)/b10-8+,22-20+. The van der Waals surface area contributed by atoms with Crippen LogP contribution in [0.4, 0.5) is 0 Å². The van der Waals surface area contributed by atoms with Crippen LogP contribution in [0.3, 0.4) is 0 Å². The van der Waals surface area contributed by atoms with Gasteiger partial charge in [-0.1, -0.05) is 115 Å². The van der Waals surface area contributed by atoms with Crippen molar-refractivity contribution in [2.45, 2.75) is 141 Å². The second-order valence-corrected chi connectivity index (χ2v) is 12.0. The Labute approximate surface area is 243 Å². The molecular weight excluding hydrogens is 531 g/mol. The fourth-order valence-corrected chi connectivity index (χ4v) is 4.96. The average molecular weight is 591 g/mol. The number of carbonyl (C=O) groups is 1. The van der Waals surface area contributed by atoms with Crippen molar-refractivity contribution in [3.8, 4) is 0 Å². The molecule has 0 fully saturated rings. The highest BCUT2D eigenvalue weighted by atomic mass is 31.2. The van der Waals surface area contributed by atoms with E-state index in [2.05, 4.69) is 31.3 Å². The normalized spacial score (nSPS) is 15.8. The van der Waals surface area contributed by atoms with E-state index in [9.17, 15) is 24.5 Å². The molecule has 0 saturated heterocycles. The number of amides is 1. The molecule has 0 saturated carbocycles. The van der Waals surface area contributed by atoms with Gasteiger partial charge in [0, 0.05) is 6.54 Å². The molecule has 9 nitrogen and oxygen atoms in total. The van der Waals surface area contributed by atoms with Gasteiger partial charge >= 0.3 is 7.82 Å². The Morgan fingerprint density at radius 1 is 0.850 bits per heavy atom. The van der Waals surface area contributed by atoms with Crippen LogP contribution in [0.5, 0.6) is 0 Å². The van der Waals surface area contributed by atoms with Crippen LogP contribution in [0.25, 0.3) is 0 Å². The smallest absolute Gasteiger partial charge is 0.393 e. The summed E-state index contributed by atoms with van der Waals surface area (Å²) >= 11 is 0. The molecule has 0 aliphatic rings. The van der Waals surface area contributed by atoms with E-state index >= 15 is 0 Å². The Morgan fingerprint density at radius 3 is 2.02 bits per heavy atom. The second-order valence-electron chi connectivity index (χ2n) is 10.5. The maximum Gasteiger partial charge on any atom is 0.472 e. The molecule has 40 heavy (non-hydrogen) atoms. The number of allylic oxidation sites excluding steroid dienone is 3. The van der Waals surface area contributed by atoms with Crippen molar-refractivity contribution in [2.24, 2.45) is 5.73 Å². The zero-order valence-corrected chi connectivity index (χ0v) is 26.1. The maximum atomic E-state index is 12.6. The van der Waals surface area contributed by atoms with Gasteiger partial charge in [0.1, 0.15) is 0 Å². The lowest BCUT2D eigenvalue weighted by atomic mass is 10.0. The highest BCUT2D eigenvalue weighted by molar-refractivity contribution is 7.47. The maximum absolute atomic E-state index is 12.6. The van der Waals surface area contributed by atoms with Gasteiger partial charge in [0.2, 0.25) is 5.91 Å². The molecule has 0 bridgehead atoms. The molecule has 10 heteroatoms. The first-order chi connectivity index (χ1) is 19.3. The molecule has 0 aliphatic heterocycles. The van der Waals surface area contributed by atoms with Crippen molar-refractivity contribution < 1.29 is 33.5 Å². The van der Waals surface area contributed by atoms with Gasteiger partial charge in [-0.05, 0) is 25.7 Å². The van der Waals surface area contributed by atoms with E-state index in [0.717, 1.165) is 38.5 Å². The van der Waals surface area contributed by atoms with Gasteiger partial charge in [-0.2, -0.15) is 0 Å². The highest BCUT2D eigenvalue weighted by Crippen LogP contribution is 2.43. The number of hydrogen-bond acceptors (Lipinski definition) is 7. The van der Waals surface area contributed by atoms with Gasteiger partial charge in [-0.15, -0.1) is 0 Å². The highest BCUT2D eigenvalue weighted by Gasteiger charge is 2.27. The van der Waals surface area contributed by atoms with Crippen LogP contribution >= 0.6 is 7.82 Å². The molecule has 4 unspecified atom stereocenters. The first-order valence-electron chi connectivity index (χ1n) is 15.5. The number of nitrogens with two attached hydrogens (primary N) is 1. The zero-order chi connectivity index (χ0) is 29.9. The van der Waals surface area contributed by atoms with E-state index < -0.39 is 38.6 Å². The van der Waals surface area contributed by atoms with Gasteiger partial charge in [0.15, 0.2) is 0 Å². The van der Waals surface area contributed by atoms with Gasteiger partial charge < -0.3 is 26.2 Å². The van der Waals surface area contributed by atoms with Crippen molar-refractivity contribution in [1.29, 1.82) is 0 Å². The number of hydrogen-bond donors (Lipinski definition) is 5. The van der Waals surface area contributed by atoms with Crippen LogP contribution in [0.15, 0.2) is 24.3 Å². The fourth-order valence-electron chi connectivity index (χ4n) is 4.20. The van der Waals surface area contributed by atoms with E-state index in [1.807, 2.05) is 0 Å². The summed E-state index contributed by atoms with van der Waals surface area (Å²) in [6, 6.07) is -0.990. The molecule has 0 heterocycles. The number of phosphoric ester groups is 1. The molecule has 0 rings (SSSR count). The summed E-state index contributed by atoms with van der Waals surface area (Å²) in [6.07, 6.45) is 23.0. The van der Waals surface area contributed by atoms with Crippen molar-refractivity contribution in [2.75, 3.05) is 19.8 Å². The van der Waals surface area contributed by atoms with Crippen molar-refractivity contribution in [3.63, 3.8) is 0 Å². The molecule has 0 aromatic rings. The molecular formula is C30H59N2O7P.